The Morgan fingerprint density at radius 2 is 2.33 bits per heavy atom. The highest BCUT2D eigenvalue weighted by Crippen LogP contribution is 2.26. The smallest absolute Gasteiger partial charge is 0.292 e. The Labute approximate surface area is 106 Å². The summed E-state index contributed by atoms with van der Waals surface area (Å²) in [7, 11) is 0. The van der Waals surface area contributed by atoms with Crippen molar-refractivity contribution < 1.29 is 4.92 Å². The largest absolute Gasteiger partial charge is 0.376 e. The van der Waals surface area contributed by atoms with E-state index in [2.05, 4.69) is 11.2 Å². The average molecular weight is 243 g/mol. The summed E-state index contributed by atoms with van der Waals surface area (Å²) < 4.78 is 0. The summed E-state index contributed by atoms with van der Waals surface area (Å²) in [6.07, 6.45) is 6.46. The Kier molecular flexibility index (Phi) is 4.71. The maximum atomic E-state index is 10.9. The molecule has 0 aromatic heterocycles. The lowest BCUT2D eigenvalue weighted by Gasteiger charge is -2.15. The molecule has 92 valence electrons. The topological polar surface area (TPSA) is 79.0 Å². The molecule has 1 unspecified atom stereocenters. The maximum absolute atomic E-state index is 10.9. The second-order valence-corrected chi connectivity index (χ2v) is 3.76. The van der Waals surface area contributed by atoms with E-state index in [1.807, 2.05) is 13.0 Å². The van der Waals surface area contributed by atoms with Gasteiger partial charge in [0.25, 0.3) is 5.69 Å². The third-order valence-electron chi connectivity index (χ3n) is 2.54. The Morgan fingerprint density at radius 3 is 2.83 bits per heavy atom. The number of nitrogens with one attached hydrogen (secondary N) is 1. The molecule has 0 aliphatic heterocycles. The molecule has 5 heteroatoms. The molecule has 5 nitrogen and oxygen atoms in total. The minimum absolute atomic E-state index is 0.0392. The number of hydrogen-bond acceptors (Lipinski definition) is 4. The number of terminal acetylenes is 1. The van der Waals surface area contributed by atoms with Gasteiger partial charge in [-0.05, 0) is 18.6 Å². The fourth-order valence-electron chi connectivity index (χ4n) is 1.54. The lowest BCUT2D eigenvalue weighted by atomic mass is 10.1. The zero-order valence-electron chi connectivity index (χ0n) is 10.0. The van der Waals surface area contributed by atoms with Crippen molar-refractivity contribution in [2.24, 2.45) is 0 Å². The van der Waals surface area contributed by atoms with E-state index in [0.29, 0.717) is 17.7 Å². The average Bonchev–Trinajstić information content (AvgIpc) is 2.37. The molecule has 0 spiro atoms. The summed E-state index contributed by atoms with van der Waals surface area (Å²) in [6.45, 7) is 1.94. The third kappa shape index (κ3) is 3.23. The lowest BCUT2D eigenvalue weighted by Crippen LogP contribution is -2.18. The number of anilines is 1. The number of hydrogen-bond donors (Lipinski definition) is 1. The molecule has 0 bridgehead atoms. The third-order valence-corrected chi connectivity index (χ3v) is 2.54. The van der Waals surface area contributed by atoms with Gasteiger partial charge in [0, 0.05) is 18.5 Å². The van der Waals surface area contributed by atoms with Crippen LogP contribution in [0.25, 0.3) is 0 Å². The first-order valence-corrected chi connectivity index (χ1v) is 5.50. The number of nitriles is 1. The molecule has 0 heterocycles. The number of benzene rings is 1. The molecule has 1 atom stereocenters. The maximum Gasteiger partial charge on any atom is 0.292 e. The second-order valence-electron chi connectivity index (χ2n) is 3.76. The van der Waals surface area contributed by atoms with Crippen LogP contribution >= 0.6 is 0 Å². The monoisotopic (exact) mass is 243 g/mol. The van der Waals surface area contributed by atoms with Gasteiger partial charge in [0.2, 0.25) is 0 Å². The van der Waals surface area contributed by atoms with Crippen molar-refractivity contribution in [1.29, 1.82) is 5.26 Å². The quantitative estimate of drug-likeness (QED) is 0.490. The van der Waals surface area contributed by atoms with Crippen LogP contribution in [-0.4, -0.2) is 11.0 Å². The molecule has 0 radical (unpaired) electrons. The number of nitrogens with zero attached hydrogens (tertiary/aromatic N) is 2. The SMILES string of the molecule is C#CCC(CC)Nc1cc(C#N)ccc1[N+](=O)[O-]. The van der Waals surface area contributed by atoms with Crippen molar-refractivity contribution in [3.8, 4) is 18.4 Å². The molecule has 0 aliphatic carbocycles. The molecule has 0 fully saturated rings. The fraction of sp³-hybridized carbons (Fsp3) is 0.308. The summed E-state index contributed by atoms with van der Waals surface area (Å²) in [6, 6.07) is 6.13. The van der Waals surface area contributed by atoms with Gasteiger partial charge in [-0.15, -0.1) is 12.3 Å². The summed E-state index contributed by atoms with van der Waals surface area (Å²) in [5.41, 5.74) is 0.657. The van der Waals surface area contributed by atoms with Crippen molar-refractivity contribution in [2.45, 2.75) is 25.8 Å². The van der Waals surface area contributed by atoms with E-state index in [-0.39, 0.29) is 11.7 Å². The lowest BCUT2D eigenvalue weighted by molar-refractivity contribution is -0.384. The Hall–Kier alpha value is -2.53. The van der Waals surface area contributed by atoms with Gasteiger partial charge in [0.05, 0.1) is 16.6 Å². The van der Waals surface area contributed by atoms with E-state index in [9.17, 15) is 10.1 Å². The van der Waals surface area contributed by atoms with E-state index in [1.165, 1.54) is 18.2 Å². The van der Waals surface area contributed by atoms with Crippen LogP contribution in [0, 0.1) is 33.8 Å². The van der Waals surface area contributed by atoms with E-state index in [4.69, 9.17) is 11.7 Å². The fourth-order valence-corrected chi connectivity index (χ4v) is 1.54. The van der Waals surface area contributed by atoms with Crippen LogP contribution in [0.15, 0.2) is 18.2 Å². The molecule has 1 rings (SSSR count). The van der Waals surface area contributed by atoms with Crippen molar-refractivity contribution in [3.05, 3.63) is 33.9 Å². The summed E-state index contributed by atoms with van der Waals surface area (Å²) in [5, 5.41) is 22.7. The molecular weight excluding hydrogens is 230 g/mol. The molecule has 1 N–H and O–H groups in total. The van der Waals surface area contributed by atoms with Crippen molar-refractivity contribution in [2.75, 3.05) is 5.32 Å². The van der Waals surface area contributed by atoms with E-state index in [0.717, 1.165) is 6.42 Å². The number of nitro groups is 1. The summed E-state index contributed by atoms with van der Waals surface area (Å²) in [5.74, 6) is 2.52. The normalized spacial score (nSPS) is 11.1. The molecular formula is C13H13N3O2. The Morgan fingerprint density at radius 1 is 1.61 bits per heavy atom. The molecule has 18 heavy (non-hydrogen) atoms. The van der Waals surface area contributed by atoms with Crippen LogP contribution in [0.3, 0.4) is 0 Å². The minimum atomic E-state index is -0.480. The standard InChI is InChI=1S/C13H13N3O2/c1-3-5-11(4-2)15-12-8-10(9-14)6-7-13(12)16(17)18/h1,6-8,11,15H,4-5H2,2H3. The van der Waals surface area contributed by atoms with Crippen LogP contribution in [0.1, 0.15) is 25.3 Å². The van der Waals surface area contributed by atoms with Crippen molar-refractivity contribution in [1.82, 2.24) is 0 Å². The highest BCUT2D eigenvalue weighted by molar-refractivity contribution is 5.64. The summed E-state index contributed by atoms with van der Waals surface area (Å²) >= 11 is 0. The van der Waals surface area contributed by atoms with E-state index >= 15 is 0 Å². The van der Waals surface area contributed by atoms with Crippen molar-refractivity contribution >= 4 is 11.4 Å². The Balaban J connectivity index is 3.08. The predicted octanol–water partition coefficient (Wildman–Crippen LogP) is 2.68. The first-order chi connectivity index (χ1) is 8.62. The second kappa shape index (κ2) is 6.27. The van der Waals surface area contributed by atoms with Gasteiger partial charge in [-0.2, -0.15) is 5.26 Å². The molecule has 0 amide bonds. The van der Waals surface area contributed by atoms with E-state index < -0.39 is 4.92 Å². The van der Waals surface area contributed by atoms with Gasteiger partial charge in [0.15, 0.2) is 0 Å². The van der Waals surface area contributed by atoms with Gasteiger partial charge in [0.1, 0.15) is 5.69 Å². The van der Waals surface area contributed by atoms with Gasteiger partial charge >= 0.3 is 0 Å². The minimum Gasteiger partial charge on any atom is -0.376 e. The van der Waals surface area contributed by atoms with Gasteiger partial charge in [-0.3, -0.25) is 10.1 Å². The molecule has 1 aromatic rings. The highest BCUT2D eigenvalue weighted by atomic mass is 16.6. The van der Waals surface area contributed by atoms with Crippen LogP contribution in [-0.2, 0) is 0 Å². The highest BCUT2D eigenvalue weighted by Gasteiger charge is 2.16. The predicted molar refractivity (Wildman–Crippen MR) is 69.0 cm³/mol. The number of nitro benzene ring substituents is 1. The van der Waals surface area contributed by atoms with Crippen LogP contribution in [0.4, 0.5) is 11.4 Å². The Bertz CT molecular complexity index is 526. The van der Waals surface area contributed by atoms with Crippen LogP contribution in [0.2, 0.25) is 0 Å². The van der Waals surface area contributed by atoms with Gasteiger partial charge < -0.3 is 5.32 Å². The first-order valence-electron chi connectivity index (χ1n) is 5.50. The first kappa shape index (κ1) is 13.5. The van der Waals surface area contributed by atoms with Crippen LogP contribution < -0.4 is 5.32 Å². The molecule has 0 saturated heterocycles. The molecule has 0 aliphatic rings. The van der Waals surface area contributed by atoms with Crippen LogP contribution in [0.5, 0.6) is 0 Å². The van der Waals surface area contributed by atoms with E-state index in [1.54, 1.807) is 0 Å². The van der Waals surface area contributed by atoms with Crippen molar-refractivity contribution in [3.63, 3.8) is 0 Å². The zero-order chi connectivity index (χ0) is 13.5. The molecule has 0 saturated carbocycles. The summed E-state index contributed by atoms with van der Waals surface area (Å²) in [4.78, 5) is 10.4. The number of rotatable bonds is 5. The zero-order valence-corrected chi connectivity index (χ0v) is 10.0. The van der Waals surface area contributed by atoms with Gasteiger partial charge in [-0.1, -0.05) is 6.92 Å². The molecule has 1 aromatic carbocycles. The van der Waals surface area contributed by atoms with Gasteiger partial charge in [-0.25, -0.2) is 0 Å².